The number of ether oxygens (including phenoxy) is 1. The number of amides is 1. The molecule has 2 aliphatic carbocycles. The van der Waals surface area contributed by atoms with Gasteiger partial charge in [-0.2, -0.15) is 19.0 Å². The van der Waals surface area contributed by atoms with E-state index in [-0.39, 0.29) is 56.6 Å². The summed E-state index contributed by atoms with van der Waals surface area (Å²) in [7, 11) is -2.84. The van der Waals surface area contributed by atoms with Crippen LogP contribution >= 0.6 is 11.6 Å². The third-order valence-corrected chi connectivity index (χ3v) is 13.1. The van der Waals surface area contributed by atoms with Crippen LogP contribution in [-0.4, -0.2) is 67.7 Å². The van der Waals surface area contributed by atoms with Crippen molar-refractivity contribution in [3.05, 3.63) is 134 Å². The van der Waals surface area contributed by atoms with E-state index < -0.39 is 118 Å². The Morgan fingerprint density at radius 2 is 1.72 bits per heavy atom. The average Bonchev–Trinajstić information content (AvgIpc) is 3.79. The number of pyridine rings is 1. The van der Waals surface area contributed by atoms with Gasteiger partial charge in [0.15, 0.2) is 11.5 Å². The van der Waals surface area contributed by atoms with Crippen molar-refractivity contribution in [2.75, 3.05) is 17.6 Å². The molecule has 7 aromatic rings. The van der Waals surface area contributed by atoms with Crippen molar-refractivity contribution in [3.63, 3.8) is 0 Å². The molecule has 4 aromatic heterocycles. The van der Waals surface area contributed by atoms with Crippen LogP contribution in [0.5, 0.6) is 5.75 Å². The van der Waals surface area contributed by atoms with Crippen molar-refractivity contribution in [3.8, 4) is 11.4 Å². The summed E-state index contributed by atoms with van der Waals surface area (Å²) >= 11 is 6.68. The number of anilines is 1. The fraction of sp³-hybridized carbons (Fsp3) is 0.302. The molecule has 0 spiro atoms. The number of nitrogens with zero attached hydrogens (tertiary/aromatic N) is 7. The second-order valence-electron chi connectivity index (χ2n) is 16.0. The maximum Gasteiger partial charge on any atom is 0.293 e. The number of aryl methyl sites for hydroxylation is 1. The van der Waals surface area contributed by atoms with Gasteiger partial charge in [-0.1, -0.05) is 23.7 Å². The first-order chi connectivity index (χ1) is 31.8. The Hall–Kier alpha value is -6.62. The van der Waals surface area contributed by atoms with Gasteiger partial charge in [-0.15, -0.1) is 0 Å². The first-order valence-corrected chi connectivity index (χ1v) is 22.4. The minimum atomic E-state index is -4.30. The molecule has 0 unspecified atom stereocenters. The summed E-state index contributed by atoms with van der Waals surface area (Å²) in [6.45, 7) is -2.24. The maximum atomic E-state index is 15.5. The van der Waals surface area contributed by atoms with Crippen LogP contribution in [0.2, 0.25) is 5.02 Å². The molecule has 67 heavy (non-hydrogen) atoms. The van der Waals surface area contributed by atoms with Gasteiger partial charge in [-0.25, -0.2) is 44.7 Å². The normalized spacial score (nSPS) is 16.7. The minimum absolute atomic E-state index is 0.00553. The Bertz CT molecular complexity index is 3260. The number of hydrogen-bond acceptors (Lipinski definition) is 9. The largest absolute Gasteiger partial charge is 0.497 e. The highest BCUT2D eigenvalue weighted by Crippen LogP contribution is 2.68. The van der Waals surface area contributed by atoms with Crippen molar-refractivity contribution >= 4 is 55.3 Å². The number of carbonyl (C=O) groups is 1. The molecule has 1 saturated carbocycles. The molecule has 9 rings (SSSR count). The van der Waals surface area contributed by atoms with Crippen LogP contribution in [0.15, 0.2) is 77.7 Å². The van der Waals surface area contributed by atoms with Gasteiger partial charge in [-0.3, -0.25) is 28.2 Å². The Morgan fingerprint density at radius 1 is 0.985 bits per heavy atom. The smallest absolute Gasteiger partial charge is 0.293 e. The van der Waals surface area contributed by atoms with Crippen molar-refractivity contribution in [2.24, 2.45) is 5.92 Å². The summed E-state index contributed by atoms with van der Waals surface area (Å²) in [5.74, 6) is -9.91. The number of alkyl halides is 6. The number of aromatic nitrogens is 7. The predicted molar refractivity (Wildman–Crippen MR) is 226 cm³/mol. The van der Waals surface area contributed by atoms with Gasteiger partial charge in [-0.05, 0) is 78.4 Å². The lowest BCUT2D eigenvalue weighted by Gasteiger charge is -2.24. The average molecular weight is 976 g/mol. The lowest BCUT2D eigenvalue weighted by Crippen LogP contribution is -2.38. The van der Waals surface area contributed by atoms with E-state index in [1.807, 2.05) is 0 Å². The second kappa shape index (κ2) is 17.2. The van der Waals surface area contributed by atoms with Gasteiger partial charge in [0.25, 0.3) is 24.3 Å². The van der Waals surface area contributed by atoms with Gasteiger partial charge in [0.05, 0.1) is 45.9 Å². The summed E-state index contributed by atoms with van der Waals surface area (Å²) in [4.78, 5) is 37.6. The van der Waals surface area contributed by atoms with Gasteiger partial charge < -0.3 is 10.1 Å². The number of hydrogen-bond donors (Lipinski definition) is 2. The van der Waals surface area contributed by atoms with Crippen molar-refractivity contribution < 1.29 is 53.1 Å². The fourth-order valence-corrected chi connectivity index (χ4v) is 9.93. The molecule has 0 radical (unpaired) electrons. The lowest BCUT2D eigenvalue weighted by atomic mass is 10.0. The summed E-state index contributed by atoms with van der Waals surface area (Å²) in [5.41, 5.74) is -3.42. The van der Waals surface area contributed by atoms with E-state index in [1.165, 1.54) is 37.6 Å². The fourth-order valence-electron chi connectivity index (χ4n) is 8.65. The van der Waals surface area contributed by atoms with E-state index in [2.05, 4.69) is 30.2 Å². The third kappa shape index (κ3) is 8.65. The molecule has 14 nitrogen and oxygen atoms in total. The summed E-state index contributed by atoms with van der Waals surface area (Å²) in [6, 6.07) is 12.4. The molecule has 0 saturated heterocycles. The number of rotatable bonds is 16. The zero-order valence-electron chi connectivity index (χ0n) is 34.5. The van der Waals surface area contributed by atoms with Gasteiger partial charge in [0.2, 0.25) is 15.9 Å². The lowest BCUT2D eigenvalue weighted by molar-refractivity contribution is -0.123. The van der Waals surface area contributed by atoms with Crippen LogP contribution < -0.4 is 20.3 Å². The summed E-state index contributed by atoms with van der Waals surface area (Å²) < 4.78 is 154. The van der Waals surface area contributed by atoms with Gasteiger partial charge in [0, 0.05) is 30.2 Å². The van der Waals surface area contributed by atoms with E-state index >= 15 is 8.78 Å². The molecule has 1 fully saturated rings. The molecule has 4 heterocycles. The summed E-state index contributed by atoms with van der Waals surface area (Å²) in [6.07, 6.45) is -5.73. The number of methoxy groups -OCH3 is 1. The zero-order valence-corrected chi connectivity index (χ0v) is 36.1. The van der Waals surface area contributed by atoms with Crippen molar-refractivity contribution in [2.45, 2.75) is 63.1 Å². The molecule has 3 atom stereocenters. The van der Waals surface area contributed by atoms with E-state index in [0.29, 0.717) is 26.7 Å². The predicted octanol–water partition coefficient (Wildman–Crippen LogP) is 7.76. The number of halogens is 9. The quantitative estimate of drug-likeness (QED) is 0.0920. The molecule has 1 amide bonds. The first-order valence-electron chi connectivity index (χ1n) is 20.3. The number of nitrogens with one attached hydrogen (secondary N) is 2. The van der Waals surface area contributed by atoms with Crippen LogP contribution in [0.4, 0.5) is 40.9 Å². The maximum absolute atomic E-state index is 15.5. The second-order valence-corrected chi connectivity index (χ2v) is 18.2. The molecular formula is C43H34ClF8N9O5S. The van der Waals surface area contributed by atoms with E-state index in [1.54, 1.807) is 24.3 Å². The zero-order chi connectivity index (χ0) is 47.7. The van der Waals surface area contributed by atoms with Gasteiger partial charge in [0.1, 0.15) is 47.7 Å². The minimum Gasteiger partial charge on any atom is -0.497 e. The molecule has 350 valence electrons. The highest BCUT2D eigenvalue weighted by molar-refractivity contribution is 7.92. The van der Waals surface area contributed by atoms with Crippen LogP contribution in [0.3, 0.4) is 0 Å². The Labute approximate surface area is 378 Å². The van der Waals surface area contributed by atoms with Crippen molar-refractivity contribution in [1.82, 2.24) is 39.4 Å². The topological polar surface area (TPSA) is 168 Å². The van der Waals surface area contributed by atoms with Crippen LogP contribution in [0.1, 0.15) is 58.7 Å². The number of fused-ring (bicyclic) bond motifs is 5. The van der Waals surface area contributed by atoms with Crippen molar-refractivity contribution in [1.29, 1.82) is 0 Å². The van der Waals surface area contributed by atoms with Crippen LogP contribution in [0, 0.1) is 17.6 Å². The molecule has 2 N–H and O–H groups in total. The molecule has 0 aliphatic heterocycles. The van der Waals surface area contributed by atoms with Gasteiger partial charge >= 0.3 is 0 Å². The molecule has 24 heteroatoms. The highest BCUT2D eigenvalue weighted by atomic mass is 35.5. The Balaban J connectivity index is 1.18. The summed E-state index contributed by atoms with van der Waals surface area (Å²) in [5, 5.41) is 9.79. The number of benzene rings is 3. The Morgan fingerprint density at radius 3 is 2.40 bits per heavy atom. The van der Waals surface area contributed by atoms with E-state index in [9.17, 15) is 44.3 Å². The number of carbonyl (C=O) groups excluding carboxylic acids is 1. The molecular weight excluding hydrogens is 942 g/mol. The number of sulfonamides is 1. The van der Waals surface area contributed by atoms with E-state index in [0.717, 1.165) is 16.7 Å². The third-order valence-electron chi connectivity index (χ3n) is 11.6. The SMILES string of the molecule is COc1ccc(CCS(=O)(=O)Nc2nn(CC(F)F)c3c(-n4c([C@H](Cc5cc(F)cc(F)c5)NC(=O)Cn5nc(C(F)F)c6c5C(F)(F)[C@@H]5C[C@H]65)nc5ncccc5c4=O)ccc(Cl)c23)cc1. The molecule has 0 bridgehead atoms. The molecule has 3 aromatic carbocycles. The first kappa shape index (κ1) is 45.5. The Kier molecular flexibility index (Phi) is 11.7. The highest BCUT2D eigenvalue weighted by Gasteiger charge is 2.67. The van der Waals surface area contributed by atoms with Crippen LogP contribution in [0.25, 0.3) is 27.6 Å². The van der Waals surface area contributed by atoms with E-state index in [4.69, 9.17) is 16.3 Å². The monoisotopic (exact) mass is 975 g/mol. The van der Waals surface area contributed by atoms with Crippen LogP contribution in [-0.2, 0) is 46.7 Å². The molecule has 2 aliphatic rings. The standard InChI is InChI=1S/C43H34ClF8N9O5S/c1-66-24-6-4-20(5-7-24)10-12-67(64,65)58-40-34-28(44)8-9-30(36(34)59(57-40)18-31(47)48)61-41(55-39-25(42(61)63)3-2-11-53-39)29(15-21-13-22(45)16-23(46)14-21)54-32(62)19-60-37-33(35(56-60)38(49)50)26-17-27(26)43(37,51)52/h2-9,11,13-14,16,26-27,29,31,38H,10,12,15,17-19H2,1H3,(H,54,62)(H,57,58)/t26-,27+,29-/m0/s1.